The topological polar surface area (TPSA) is 72.0 Å². The van der Waals surface area contributed by atoms with E-state index >= 15 is 0 Å². The van der Waals surface area contributed by atoms with E-state index in [9.17, 15) is 9.59 Å². The van der Waals surface area contributed by atoms with E-state index in [-0.39, 0.29) is 23.0 Å². The Morgan fingerprint density at radius 2 is 1.95 bits per heavy atom. The number of rotatable bonds is 2. The van der Waals surface area contributed by atoms with Gasteiger partial charge >= 0.3 is 0 Å². The van der Waals surface area contributed by atoms with Gasteiger partial charge in [0.2, 0.25) is 11.9 Å². The Kier molecular flexibility index (Phi) is 3.98. The molecule has 0 bridgehead atoms. The molecule has 22 heavy (non-hydrogen) atoms. The lowest BCUT2D eigenvalue weighted by atomic mass is 9.76. The zero-order chi connectivity index (χ0) is 15.7. The number of ketones is 1. The van der Waals surface area contributed by atoms with Crippen molar-refractivity contribution in [2.45, 2.75) is 58.8 Å². The van der Waals surface area contributed by atoms with Gasteiger partial charge in [0.05, 0.1) is 11.3 Å². The summed E-state index contributed by atoms with van der Waals surface area (Å²) in [6.07, 6.45) is 8.18. The molecule has 2 aliphatic carbocycles. The van der Waals surface area contributed by atoms with E-state index in [0.29, 0.717) is 17.9 Å². The van der Waals surface area contributed by atoms with Crippen LogP contribution < -0.4 is 5.32 Å². The van der Waals surface area contributed by atoms with E-state index in [1.165, 1.54) is 6.42 Å². The van der Waals surface area contributed by atoms with Crippen LogP contribution in [0, 0.1) is 11.3 Å². The Balaban J connectivity index is 1.76. The zero-order valence-electron chi connectivity index (χ0n) is 13.3. The number of aromatic nitrogens is 2. The van der Waals surface area contributed by atoms with Crippen LogP contribution >= 0.6 is 0 Å². The molecule has 2 aliphatic rings. The van der Waals surface area contributed by atoms with Crippen molar-refractivity contribution < 1.29 is 9.59 Å². The Hall–Kier alpha value is -1.78. The number of carbonyl (C=O) groups excluding carboxylic acids is 2. The number of nitrogens with one attached hydrogen (secondary N) is 1. The van der Waals surface area contributed by atoms with Crippen LogP contribution in [0.25, 0.3) is 0 Å². The third kappa shape index (κ3) is 3.18. The minimum atomic E-state index is -0.0803. The molecule has 5 heteroatoms. The van der Waals surface area contributed by atoms with E-state index in [1.54, 1.807) is 6.20 Å². The first-order valence-electron chi connectivity index (χ1n) is 8.15. The van der Waals surface area contributed by atoms with Gasteiger partial charge in [-0.3, -0.25) is 14.9 Å². The number of carbonyl (C=O) groups is 2. The molecule has 1 N–H and O–H groups in total. The largest absolute Gasteiger partial charge is 0.294 e. The van der Waals surface area contributed by atoms with Gasteiger partial charge in [-0.15, -0.1) is 0 Å². The first-order valence-corrected chi connectivity index (χ1v) is 8.15. The smallest absolute Gasteiger partial charge is 0.229 e. The van der Waals surface area contributed by atoms with Crippen molar-refractivity contribution in [3.63, 3.8) is 0 Å². The average molecular weight is 301 g/mol. The fourth-order valence-electron chi connectivity index (χ4n) is 3.47. The SMILES string of the molecule is CC1(C)CC(=O)c2cnc(NC(=O)C3CCCCC3)nc2C1. The molecule has 0 aromatic carbocycles. The van der Waals surface area contributed by atoms with Crippen molar-refractivity contribution in [2.75, 3.05) is 5.32 Å². The molecule has 3 rings (SSSR count). The lowest BCUT2D eigenvalue weighted by Gasteiger charge is -2.29. The van der Waals surface area contributed by atoms with Crippen LogP contribution in [0.15, 0.2) is 6.20 Å². The number of hydrogen-bond donors (Lipinski definition) is 1. The number of Topliss-reactive ketones (excluding diaryl/α,β-unsaturated/α-hetero) is 1. The van der Waals surface area contributed by atoms with Gasteiger partial charge in [0.25, 0.3) is 0 Å². The molecular formula is C17H23N3O2. The molecule has 0 radical (unpaired) electrons. The summed E-state index contributed by atoms with van der Waals surface area (Å²) in [5.41, 5.74) is 1.29. The van der Waals surface area contributed by atoms with E-state index in [2.05, 4.69) is 29.1 Å². The maximum atomic E-state index is 12.3. The molecule has 1 saturated carbocycles. The minimum Gasteiger partial charge on any atom is -0.294 e. The Morgan fingerprint density at radius 3 is 2.68 bits per heavy atom. The van der Waals surface area contributed by atoms with Crippen LogP contribution in [0.2, 0.25) is 0 Å². The Labute approximate surface area is 130 Å². The van der Waals surface area contributed by atoms with Gasteiger partial charge in [0.1, 0.15) is 0 Å². The van der Waals surface area contributed by atoms with Crippen LogP contribution in [-0.2, 0) is 11.2 Å². The Bertz CT molecular complexity index is 604. The van der Waals surface area contributed by atoms with Crippen molar-refractivity contribution in [3.8, 4) is 0 Å². The standard InChI is InChI=1S/C17H23N3O2/c1-17(2)8-13-12(14(21)9-17)10-18-16(19-13)20-15(22)11-6-4-3-5-7-11/h10-11H,3-9H2,1-2H3,(H,18,19,20,22). The Morgan fingerprint density at radius 1 is 1.23 bits per heavy atom. The molecule has 0 saturated heterocycles. The summed E-state index contributed by atoms with van der Waals surface area (Å²) in [6, 6.07) is 0. The zero-order valence-corrected chi connectivity index (χ0v) is 13.3. The molecule has 1 aromatic heterocycles. The highest BCUT2D eigenvalue weighted by Crippen LogP contribution is 2.33. The molecule has 0 unspecified atom stereocenters. The van der Waals surface area contributed by atoms with E-state index in [4.69, 9.17) is 0 Å². The van der Waals surface area contributed by atoms with Crippen molar-refractivity contribution in [2.24, 2.45) is 11.3 Å². The molecule has 118 valence electrons. The van der Waals surface area contributed by atoms with Crippen LogP contribution in [0.5, 0.6) is 0 Å². The quantitative estimate of drug-likeness (QED) is 0.910. The summed E-state index contributed by atoms with van der Waals surface area (Å²) in [5, 5.41) is 2.83. The number of fused-ring (bicyclic) bond motifs is 1. The highest BCUT2D eigenvalue weighted by Gasteiger charge is 2.32. The predicted molar refractivity (Wildman–Crippen MR) is 83.7 cm³/mol. The molecule has 1 amide bonds. The van der Waals surface area contributed by atoms with Crippen molar-refractivity contribution in [1.82, 2.24) is 9.97 Å². The maximum absolute atomic E-state index is 12.3. The second kappa shape index (κ2) is 5.78. The summed E-state index contributed by atoms with van der Waals surface area (Å²) in [7, 11) is 0. The normalized spacial score (nSPS) is 21.3. The van der Waals surface area contributed by atoms with Crippen LogP contribution in [0.3, 0.4) is 0 Å². The predicted octanol–water partition coefficient (Wildman–Crippen LogP) is 3.15. The summed E-state index contributed by atoms with van der Waals surface area (Å²) >= 11 is 0. The molecule has 1 heterocycles. The van der Waals surface area contributed by atoms with E-state index in [0.717, 1.165) is 37.8 Å². The lowest BCUT2D eigenvalue weighted by Crippen LogP contribution is -2.30. The monoisotopic (exact) mass is 301 g/mol. The van der Waals surface area contributed by atoms with Crippen molar-refractivity contribution in [3.05, 3.63) is 17.5 Å². The summed E-state index contributed by atoms with van der Waals surface area (Å²) in [4.78, 5) is 33.0. The fourth-order valence-corrected chi connectivity index (χ4v) is 3.47. The van der Waals surface area contributed by atoms with Gasteiger partial charge in [-0.05, 0) is 24.7 Å². The molecule has 0 spiro atoms. The summed E-state index contributed by atoms with van der Waals surface area (Å²) in [5.74, 6) is 0.517. The van der Waals surface area contributed by atoms with Crippen molar-refractivity contribution in [1.29, 1.82) is 0 Å². The summed E-state index contributed by atoms with van der Waals surface area (Å²) in [6.45, 7) is 4.13. The van der Waals surface area contributed by atoms with Crippen molar-refractivity contribution >= 4 is 17.6 Å². The van der Waals surface area contributed by atoms with Gasteiger partial charge in [-0.2, -0.15) is 0 Å². The molecule has 1 fully saturated rings. The average Bonchev–Trinajstić information content (AvgIpc) is 2.46. The van der Waals surface area contributed by atoms with Gasteiger partial charge in [0.15, 0.2) is 5.78 Å². The van der Waals surface area contributed by atoms with Gasteiger partial charge in [-0.25, -0.2) is 9.97 Å². The van der Waals surface area contributed by atoms with Crippen LogP contribution in [0.1, 0.15) is 68.4 Å². The second-order valence-electron chi connectivity index (χ2n) is 7.32. The van der Waals surface area contributed by atoms with Gasteiger partial charge in [-0.1, -0.05) is 33.1 Å². The molecular weight excluding hydrogens is 278 g/mol. The van der Waals surface area contributed by atoms with Crippen LogP contribution in [-0.4, -0.2) is 21.7 Å². The number of amides is 1. The molecule has 0 atom stereocenters. The maximum Gasteiger partial charge on any atom is 0.229 e. The molecule has 1 aromatic rings. The number of nitrogens with zero attached hydrogens (tertiary/aromatic N) is 2. The highest BCUT2D eigenvalue weighted by molar-refractivity contribution is 5.98. The van der Waals surface area contributed by atoms with Gasteiger partial charge < -0.3 is 0 Å². The second-order valence-corrected chi connectivity index (χ2v) is 7.32. The first kappa shape index (κ1) is 15.1. The minimum absolute atomic E-state index is 0.0149. The third-order valence-corrected chi connectivity index (χ3v) is 4.66. The molecule has 0 aliphatic heterocycles. The van der Waals surface area contributed by atoms with Gasteiger partial charge in [0, 0.05) is 18.5 Å². The number of hydrogen-bond acceptors (Lipinski definition) is 4. The first-order chi connectivity index (χ1) is 10.4. The number of anilines is 1. The third-order valence-electron chi connectivity index (χ3n) is 4.66. The lowest BCUT2D eigenvalue weighted by molar-refractivity contribution is -0.120. The van der Waals surface area contributed by atoms with Crippen LogP contribution in [0.4, 0.5) is 5.95 Å². The fraction of sp³-hybridized carbons (Fsp3) is 0.647. The molecule has 5 nitrogen and oxygen atoms in total. The highest BCUT2D eigenvalue weighted by atomic mass is 16.2. The van der Waals surface area contributed by atoms with E-state index < -0.39 is 0 Å². The summed E-state index contributed by atoms with van der Waals surface area (Å²) < 4.78 is 0. The van der Waals surface area contributed by atoms with E-state index in [1.807, 2.05) is 0 Å².